The third-order valence-electron chi connectivity index (χ3n) is 4.69. The van der Waals surface area contributed by atoms with E-state index in [1.54, 1.807) is 0 Å². The number of rotatable bonds is 11. The van der Waals surface area contributed by atoms with Crippen LogP contribution in [0.3, 0.4) is 0 Å². The first kappa shape index (κ1) is 23.7. The molecule has 0 saturated heterocycles. The van der Waals surface area contributed by atoms with E-state index in [4.69, 9.17) is 4.74 Å². The molecule has 1 unspecified atom stereocenters. The van der Waals surface area contributed by atoms with Crippen molar-refractivity contribution in [2.45, 2.75) is 38.5 Å². The zero-order chi connectivity index (χ0) is 22.0. The van der Waals surface area contributed by atoms with E-state index in [9.17, 15) is 13.2 Å². The minimum atomic E-state index is -4.35. The maximum absolute atomic E-state index is 12.8. The number of alkyl halides is 3. The van der Waals surface area contributed by atoms with E-state index >= 15 is 0 Å². The molecule has 0 fully saturated rings. The number of unbranched alkanes of at least 4 members (excludes halogenated alkanes) is 1. The second-order valence-corrected chi connectivity index (χ2v) is 7.42. The molecule has 2 aromatic rings. The molecule has 0 bridgehead atoms. The summed E-state index contributed by atoms with van der Waals surface area (Å²) in [6, 6.07) is 14.6. The van der Waals surface area contributed by atoms with Gasteiger partial charge in [-0.2, -0.15) is 13.2 Å². The molecule has 0 radical (unpaired) electrons. The van der Waals surface area contributed by atoms with E-state index in [2.05, 4.69) is 30.6 Å². The summed E-state index contributed by atoms with van der Waals surface area (Å²) in [5.74, 6) is 0.423. The standard InChI is InChI=1S/C25H30F3NO/c1-4-5-7-10-20(2)19-29(3)18-17-24(21-11-8-6-9-12-21)30-23-15-13-22(14-16-23)25(26,27)28/h6-16,24H,2,4-5,17-19H2,1,3H3. The fraction of sp³-hybridized carbons (Fsp3) is 0.360. The van der Waals surface area contributed by atoms with Gasteiger partial charge in [-0.15, -0.1) is 0 Å². The topological polar surface area (TPSA) is 12.5 Å². The van der Waals surface area contributed by atoms with E-state index in [0.717, 1.165) is 49.2 Å². The van der Waals surface area contributed by atoms with E-state index in [1.165, 1.54) is 12.1 Å². The lowest BCUT2D eigenvalue weighted by molar-refractivity contribution is -0.137. The van der Waals surface area contributed by atoms with Crippen LogP contribution in [0.15, 0.2) is 78.9 Å². The molecule has 30 heavy (non-hydrogen) atoms. The third kappa shape index (κ3) is 8.07. The Morgan fingerprint density at radius 2 is 1.77 bits per heavy atom. The molecule has 0 N–H and O–H groups in total. The van der Waals surface area contributed by atoms with Crippen LogP contribution >= 0.6 is 0 Å². The summed E-state index contributed by atoms with van der Waals surface area (Å²) >= 11 is 0. The Hall–Kier alpha value is -2.53. The van der Waals surface area contributed by atoms with Crippen LogP contribution in [-0.2, 0) is 6.18 Å². The summed E-state index contributed by atoms with van der Waals surface area (Å²) in [5.41, 5.74) is 1.36. The number of hydrogen-bond acceptors (Lipinski definition) is 2. The SMILES string of the molecule is C=C(C=CCCC)CN(C)CCC(Oc1ccc(C(F)(F)F)cc1)c1ccccc1. The highest BCUT2D eigenvalue weighted by Crippen LogP contribution is 2.32. The molecule has 1 atom stereocenters. The first-order valence-electron chi connectivity index (χ1n) is 10.2. The zero-order valence-electron chi connectivity index (χ0n) is 17.7. The van der Waals surface area contributed by atoms with Crippen LogP contribution in [0.25, 0.3) is 0 Å². The van der Waals surface area contributed by atoms with Crippen molar-refractivity contribution in [3.63, 3.8) is 0 Å². The van der Waals surface area contributed by atoms with Crippen molar-refractivity contribution >= 4 is 0 Å². The fourth-order valence-corrected chi connectivity index (χ4v) is 3.08. The van der Waals surface area contributed by atoms with Crippen LogP contribution in [-0.4, -0.2) is 25.0 Å². The average Bonchev–Trinajstić information content (AvgIpc) is 2.71. The number of likely N-dealkylation sites (N-methyl/N-ethyl adjacent to an activating group) is 1. The molecule has 0 aliphatic rings. The summed E-state index contributed by atoms with van der Waals surface area (Å²) in [6.07, 6.45) is 2.44. The lowest BCUT2D eigenvalue weighted by Gasteiger charge is -2.23. The summed E-state index contributed by atoms with van der Waals surface area (Å²) in [4.78, 5) is 2.17. The van der Waals surface area contributed by atoms with Gasteiger partial charge in [-0.3, -0.25) is 0 Å². The second kappa shape index (κ2) is 11.6. The number of halogens is 3. The third-order valence-corrected chi connectivity index (χ3v) is 4.69. The predicted molar refractivity (Wildman–Crippen MR) is 117 cm³/mol. The van der Waals surface area contributed by atoms with Crippen molar-refractivity contribution in [1.82, 2.24) is 4.90 Å². The van der Waals surface area contributed by atoms with Gasteiger partial charge < -0.3 is 9.64 Å². The number of benzene rings is 2. The molecular weight excluding hydrogens is 387 g/mol. The molecule has 0 spiro atoms. The second-order valence-electron chi connectivity index (χ2n) is 7.42. The maximum Gasteiger partial charge on any atom is 0.416 e. The largest absolute Gasteiger partial charge is 0.486 e. The van der Waals surface area contributed by atoms with Crippen LogP contribution < -0.4 is 4.74 Å². The number of nitrogens with zero attached hydrogens (tertiary/aromatic N) is 1. The van der Waals surface area contributed by atoms with Crippen LogP contribution in [0.1, 0.15) is 43.4 Å². The normalized spacial score (nSPS) is 13.0. The van der Waals surface area contributed by atoms with E-state index in [0.29, 0.717) is 12.2 Å². The van der Waals surface area contributed by atoms with E-state index in [1.807, 2.05) is 37.4 Å². The monoisotopic (exact) mass is 417 g/mol. The minimum Gasteiger partial charge on any atom is -0.486 e. The van der Waals surface area contributed by atoms with Gasteiger partial charge in [-0.1, -0.05) is 62.4 Å². The zero-order valence-corrected chi connectivity index (χ0v) is 17.7. The molecule has 0 amide bonds. The molecule has 0 aliphatic heterocycles. The lowest BCUT2D eigenvalue weighted by Crippen LogP contribution is -2.24. The van der Waals surface area contributed by atoms with Crippen molar-refractivity contribution in [2.75, 3.05) is 20.1 Å². The molecule has 5 heteroatoms. The highest BCUT2D eigenvalue weighted by atomic mass is 19.4. The molecule has 2 rings (SSSR count). The van der Waals surface area contributed by atoms with Crippen molar-refractivity contribution in [3.05, 3.63) is 90.0 Å². The Morgan fingerprint density at radius 3 is 2.37 bits per heavy atom. The molecule has 162 valence electrons. The van der Waals surface area contributed by atoms with Crippen LogP contribution in [0.4, 0.5) is 13.2 Å². The Morgan fingerprint density at radius 1 is 1.10 bits per heavy atom. The maximum atomic E-state index is 12.8. The average molecular weight is 418 g/mol. The summed E-state index contributed by atoms with van der Waals surface area (Å²) in [5, 5.41) is 0. The number of allylic oxidation sites excluding steroid dienone is 1. The van der Waals surface area contributed by atoms with E-state index in [-0.39, 0.29) is 6.10 Å². The molecule has 2 nitrogen and oxygen atoms in total. The van der Waals surface area contributed by atoms with E-state index < -0.39 is 11.7 Å². The molecule has 0 aromatic heterocycles. The Balaban J connectivity index is 2.01. The Kier molecular flexibility index (Phi) is 9.18. The summed E-state index contributed by atoms with van der Waals surface area (Å²) in [6.45, 7) is 7.75. The fourth-order valence-electron chi connectivity index (χ4n) is 3.08. The van der Waals surface area contributed by atoms with Gasteiger partial charge in [0.05, 0.1) is 5.56 Å². The van der Waals surface area contributed by atoms with Gasteiger partial charge in [-0.05, 0) is 48.9 Å². The van der Waals surface area contributed by atoms with Gasteiger partial charge in [0, 0.05) is 19.5 Å². The Labute approximate surface area is 177 Å². The highest BCUT2D eigenvalue weighted by molar-refractivity contribution is 5.30. The van der Waals surface area contributed by atoms with Crippen molar-refractivity contribution < 1.29 is 17.9 Å². The van der Waals surface area contributed by atoms with Gasteiger partial charge in [0.15, 0.2) is 0 Å². The van der Waals surface area contributed by atoms with Crippen LogP contribution in [0.5, 0.6) is 5.75 Å². The van der Waals surface area contributed by atoms with Gasteiger partial charge in [0.25, 0.3) is 0 Å². The van der Waals surface area contributed by atoms with Gasteiger partial charge >= 0.3 is 6.18 Å². The molecule has 2 aromatic carbocycles. The molecule has 0 aliphatic carbocycles. The lowest BCUT2D eigenvalue weighted by atomic mass is 10.1. The number of hydrogen-bond donors (Lipinski definition) is 0. The number of ether oxygens (including phenoxy) is 1. The first-order valence-corrected chi connectivity index (χ1v) is 10.2. The smallest absolute Gasteiger partial charge is 0.416 e. The predicted octanol–water partition coefficient (Wildman–Crippen LogP) is 7.06. The van der Waals surface area contributed by atoms with Crippen LogP contribution in [0.2, 0.25) is 0 Å². The van der Waals surface area contributed by atoms with Gasteiger partial charge in [0.2, 0.25) is 0 Å². The Bertz CT molecular complexity index is 797. The summed E-state index contributed by atoms with van der Waals surface area (Å²) < 4.78 is 44.5. The van der Waals surface area contributed by atoms with Crippen molar-refractivity contribution in [3.8, 4) is 5.75 Å². The highest BCUT2D eigenvalue weighted by Gasteiger charge is 2.30. The first-order chi connectivity index (χ1) is 14.3. The van der Waals surface area contributed by atoms with Gasteiger partial charge in [0.1, 0.15) is 11.9 Å². The van der Waals surface area contributed by atoms with Crippen LogP contribution in [0, 0.1) is 0 Å². The van der Waals surface area contributed by atoms with Crippen molar-refractivity contribution in [2.24, 2.45) is 0 Å². The van der Waals surface area contributed by atoms with Gasteiger partial charge in [-0.25, -0.2) is 0 Å². The molecular formula is C25H30F3NO. The summed E-state index contributed by atoms with van der Waals surface area (Å²) in [7, 11) is 2.03. The minimum absolute atomic E-state index is 0.255. The quantitative estimate of drug-likeness (QED) is 0.363. The molecule has 0 saturated carbocycles. The molecule has 0 heterocycles. The van der Waals surface area contributed by atoms with Crippen molar-refractivity contribution in [1.29, 1.82) is 0 Å².